The molecule has 0 bridgehead atoms. The van der Waals surface area contributed by atoms with Crippen molar-refractivity contribution in [1.29, 1.82) is 0 Å². The van der Waals surface area contributed by atoms with Crippen molar-refractivity contribution in [2.45, 2.75) is 0 Å². The van der Waals surface area contributed by atoms with Crippen LogP contribution in [0.1, 0.15) is 0 Å². The van der Waals surface area contributed by atoms with Crippen molar-refractivity contribution in [2.75, 3.05) is 4.90 Å². The van der Waals surface area contributed by atoms with Crippen LogP contribution in [0.2, 0.25) is 0 Å². The molecule has 0 amide bonds. The summed E-state index contributed by atoms with van der Waals surface area (Å²) in [6.45, 7) is 0. The van der Waals surface area contributed by atoms with Crippen LogP contribution in [0.25, 0.3) is 71.9 Å². The summed E-state index contributed by atoms with van der Waals surface area (Å²) < 4.78 is 15.4. The average molecular weight is 617 g/mol. The molecule has 0 unspecified atom stereocenters. The summed E-state index contributed by atoms with van der Waals surface area (Å²) in [6.07, 6.45) is 0. The predicted octanol–water partition coefficient (Wildman–Crippen LogP) is 12.5. The van der Waals surface area contributed by atoms with Gasteiger partial charge in [-0.2, -0.15) is 0 Å². The smallest absolute Gasteiger partial charge is 0.230 e. The molecule has 0 saturated heterocycles. The molecule has 0 radical (unpaired) electrons. The molecule has 226 valence electrons. The van der Waals surface area contributed by atoms with Crippen molar-refractivity contribution in [1.82, 2.24) is 4.40 Å². The minimum atomic E-state index is 0.802. The van der Waals surface area contributed by atoms with Gasteiger partial charge in [-0.15, -0.1) is 0 Å². The first-order valence-corrected chi connectivity index (χ1v) is 16.2. The second-order valence-electron chi connectivity index (χ2n) is 12.2. The zero-order valence-corrected chi connectivity index (χ0v) is 25.9. The predicted molar refractivity (Wildman–Crippen MR) is 198 cm³/mol. The number of fused-ring (bicyclic) bond motifs is 8. The van der Waals surface area contributed by atoms with E-state index in [1.807, 2.05) is 24.3 Å². The monoisotopic (exact) mass is 616 g/mol. The summed E-state index contributed by atoms with van der Waals surface area (Å²) in [5.41, 5.74) is 13.2. The number of furan rings is 1. The highest BCUT2D eigenvalue weighted by Gasteiger charge is 2.26. The number of oxazole rings is 1. The normalized spacial score (nSPS) is 11.8. The zero-order chi connectivity index (χ0) is 31.6. The Hall–Kier alpha value is -6.52. The summed E-state index contributed by atoms with van der Waals surface area (Å²) in [7, 11) is 0. The standard InChI is InChI=1S/C44H28N2O2/c1-3-12-29(13-4-1)31-24-27-38-37(28-31)42(44-46(38)39-19-8-10-21-41(39)48-44)45(32-14-5-2-6-15-32)33-25-22-30(23-26-33)34-17-11-18-36-35-16-7-9-20-40(35)47-43(34)36/h1-28H. The van der Waals surface area contributed by atoms with E-state index in [1.165, 1.54) is 5.56 Å². The summed E-state index contributed by atoms with van der Waals surface area (Å²) in [5, 5.41) is 3.37. The van der Waals surface area contributed by atoms with Crippen molar-refractivity contribution in [3.8, 4) is 22.3 Å². The topological polar surface area (TPSA) is 33.9 Å². The Labute approximate surface area is 276 Å². The summed E-state index contributed by atoms with van der Waals surface area (Å²) in [6, 6.07) is 59.5. The summed E-state index contributed by atoms with van der Waals surface area (Å²) >= 11 is 0. The molecule has 10 rings (SSSR count). The lowest BCUT2D eigenvalue weighted by atomic mass is 10.0. The molecule has 3 heterocycles. The third-order valence-corrected chi connectivity index (χ3v) is 9.40. The number of nitrogens with zero attached hydrogens (tertiary/aromatic N) is 2. The molecule has 4 heteroatoms. The maximum atomic E-state index is 6.72. The van der Waals surface area contributed by atoms with Crippen LogP contribution in [0.15, 0.2) is 179 Å². The molecule has 3 aromatic heterocycles. The van der Waals surface area contributed by atoms with Crippen LogP contribution < -0.4 is 4.90 Å². The number of aromatic nitrogens is 1. The number of benzene rings is 7. The van der Waals surface area contributed by atoms with Gasteiger partial charge in [0, 0.05) is 33.1 Å². The van der Waals surface area contributed by atoms with Gasteiger partial charge in [-0.1, -0.05) is 115 Å². The van der Waals surface area contributed by atoms with E-state index in [9.17, 15) is 0 Å². The quantitative estimate of drug-likeness (QED) is 0.193. The van der Waals surface area contributed by atoms with E-state index in [0.717, 1.165) is 83.4 Å². The highest BCUT2D eigenvalue weighted by Crippen LogP contribution is 2.47. The molecule has 0 atom stereocenters. The molecule has 7 aromatic carbocycles. The first kappa shape index (κ1) is 26.7. The number of para-hydroxylation sites is 5. The molecule has 0 N–H and O–H groups in total. The Balaban J connectivity index is 1.21. The van der Waals surface area contributed by atoms with Gasteiger partial charge >= 0.3 is 0 Å². The van der Waals surface area contributed by atoms with E-state index in [1.54, 1.807) is 0 Å². The highest BCUT2D eigenvalue weighted by atomic mass is 16.3. The fourth-order valence-electron chi connectivity index (χ4n) is 7.19. The minimum absolute atomic E-state index is 0.802. The van der Waals surface area contributed by atoms with Gasteiger partial charge in [-0.3, -0.25) is 4.40 Å². The van der Waals surface area contributed by atoms with E-state index in [-0.39, 0.29) is 0 Å². The number of hydrogen-bond donors (Lipinski definition) is 0. The molecule has 0 aliphatic heterocycles. The maximum Gasteiger partial charge on any atom is 0.230 e. The molecule has 0 aliphatic carbocycles. The number of rotatable bonds is 5. The SMILES string of the molecule is c1ccc(-c2ccc3c(c2)c(N(c2ccccc2)c2ccc(-c4cccc5c4oc4ccccc45)cc2)c2oc4ccccc4n23)cc1. The maximum absolute atomic E-state index is 6.72. The van der Waals surface area contributed by atoms with E-state index >= 15 is 0 Å². The first-order chi connectivity index (χ1) is 23.8. The van der Waals surface area contributed by atoms with Crippen molar-refractivity contribution >= 4 is 66.7 Å². The zero-order valence-electron chi connectivity index (χ0n) is 25.9. The molecule has 0 fully saturated rings. The molecule has 10 aromatic rings. The number of anilines is 3. The number of hydrogen-bond acceptors (Lipinski definition) is 3. The molecule has 0 aliphatic rings. The Bertz CT molecular complexity index is 2770. The lowest BCUT2D eigenvalue weighted by Crippen LogP contribution is -2.09. The fourth-order valence-corrected chi connectivity index (χ4v) is 7.19. The van der Waals surface area contributed by atoms with E-state index < -0.39 is 0 Å². The lowest BCUT2D eigenvalue weighted by molar-refractivity contribution is 0.657. The first-order valence-electron chi connectivity index (χ1n) is 16.2. The summed E-state index contributed by atoms with van der Waals surface area (Å²) in [4.78, 5) is 2.32. The molecule has 0 spiro atoms. The molecule has 48 heavy (non-hydrogen) atoms. The van der Waals surface area contributed by atoms with Crippen LogP contribution >= 0.6 is 0 Å². The van der Waals surface area contributed by atoms with Gasteiger partial charge in [-0.05, 0) is 71.3 Å². The van der Waals surface area contributed by atoms with Gasteiger partial charge in [0.15, 0.2) is 5.58 Å². The van der Waals surface area contributed by atoms with Crippen molar-refractivity contribution in [3.05, 3.63) is 170 Å². The van der Waals surface area contributed by atoms with Crippen LogP contribution in [0, 0.1) is 0 Å². The van der Waals surface area contributed by atoms with E-state index in [0.29, 0.717) is 0 Å². The second-order valence-corrected chi connectivity index (χ2v) is 12.2. The average Bonchev–Trinajstić information content (AvgIpc) is 3.82. The molecule has 0 saturated carbocycles. The van der Waals surface area contributed by atoms with Gasteiger partial charge in [0.1, 0.15) is 16.9 Å². The van der Waals surface area contributed by atoms with Crippen molar-refractivity contribution < 1.29 is 8.83 Å². The van der Waals surface area contributed by atoms with Gasteiger partial charge in [0.25, 0.3) is 0 Å². The van der Waals surface area contributed by atoms with Crippen LogP contribution in [-0.4, -0.2) is 4.40 Å². The van der Waals surface area contributed by atoms with Crippen LogP contribution in [0.5, 0.6) is 0 Å². The Morgan fingerprint density at radius 3 is 1.92 bits per heavy atom. The third-order valence-electron chi connectivity index (χ3n) is 9.40. The van der Waals surface area contributed by atoms with E-state index in [2.05, 4.69) is 155 Å². The Morgan fingerprint density at radius 1 is 0.417 bits per heavy atom. The highest BCUT2D eigenvalue weighted by molar-refractivity contribution is 6.11. The van der Waals surface area contributed by atoms with Gasteiger partial charge in [0.2, 0.25) is 5.71 Å². The second kappa shape index (κ2) is 10.5. The van der Waals surface area contributed by atoms with Gasteiger partial charge in [0.05, 0.1) is 11.0 Å². The Kier molecular flexibility index (Phi) is 5.84. The van der Waals surface area contributed by atoms with Crippen molar-refractivity contribution in [3.63, 3.8) is 0 Å². The van der Waals surface area contributed by atoms with Crippen LogP contribution in [0.3, 0.4) is 0 Å². The van der Waals surface area contributed by atoms with Gasteiger partial charge in [-0.25, -0.2) is 0 Å². The lowest BCUT2D eigenvalue weighted by Gasteiger charge is -2.25. The van der Waals surface area contributed by atoms with Crippen molar-refractivity contribution in [2.24, 2.45) is 0 Å². The largest absolute Gasteiger partial charge is 0.455 e. The van der Waals surface area contributed by atoms with Gasteiger partial charge < -0.3 is 13.7 Å². The molecule has 4 nitrogen and oxygen atoms in total. The van der Waals surface area contributed by atoms with E-state index in [4.69, 9.17) is 8.83 Å². The molecular weight excluding hydrogens is 588 g/mol. The molecular formula is C44H28N2O2. The minimum Gasteiger partial charge on any atom is -0.455 e. The van der Waals surface area contributed by atoms with Crippen LogP contribution in [0.4, 0.5) is 17.1 Å². The third kappa shape index (κ3) is 4.03. The fraction of sp³-hybridized carbons (Fsp3) is 0. The Morgan fingerprint density at radius 2 is 1.08 bits per heavy atom. The van der Waals surface area contributed by atoms with Crippen LogP contribution in [-0.2, 0) is 0 Å². The summed E-state index contributed by atoms with van der Waals surface area (Å²) in [5.74, 6) is 0.